The number of hydrogen-bond acceptors (Lipinski definition) is 5. The highest BCUT2D eigenvalue weighted by molar-refractivity contribution is 7.88. The lowest BCUT2D eigenvalue weighted by Gasteiger charge is -2.17. The van der Waals surface area contributed by atoms with Gasteiger partial charge in [-0.3, -0.25) is 0 Å². The number of alkyl halides is 3. The van der Waals surface area contributed by atoms with Gasteiger partial charge >= 0.3 is 15.6 Å². The third-order valence-electron chi connectivity index (χ3n) is 5.13. The third-order valence-corrected chi connectivity index (χ3v) is 6.10. The summed E-state index contributed by atoms with van der Waals surface area (Å²) in [4.78, 5) is 0. The minimum atomic E-state index is -5.80. The van der Waals surface area contributed by atoms with Gasteiger partial charge in [0.05, 0.1) is 0 Å². The van der Waals surface area contributed by atoms with Crippen molar-refractivity contribution < 1.29 is 35.2 Å². The van der Waals surface area contributed by atoms with Crippen LogP contribution in [-0.2, 0) is 27.7 Å². The molecular weight excluding hydrogens is 469 g/mol. The van der Waals surface area contributed by atoms with Crippen molar-refractivity contribution in [2.24, 2.45) is 0 Å². The second kappa shape index (κ2) is 10.5. The summed E-state index contributed by atoms with van der Waals surface area (Å²) in [6, 6.07) is 18.2. The van der Waals surface area contributed by atoms with Crippen LogP contribution in [-0.4, -0.2) is 27.8 Å². The lowest BCUT2D eigenvalue weighted by Crippen LogP contribution is -2.28. The lowest BCUT2D eigenvalue weighted by atomic mass is 9.95. The molecule has 0 fully saturated rings. The zero-order valence-corrected chi connectivity index (χ0v) is 19.8. The molecule has 0 radical (unpaired) electrons. The average molecular weight is 495 g/mol. The molecule has 0 N–H and O–H groups in total. The summed E-state index contributed by atoms with van der Waals surface area (Å²) in [5, 5.41) is 0. The van der Waals surface area contributed by atoms with Gasteiger partial charge in [0.15, 0.2) is 6.79 Å². The maximum atomic E-state index is 12.9. The molecule has 0 spiro atoms. The summed E-state index contributed by atoms with van der Waals surface area (Å²) >= 11 is 0. The molecule has 0 unspecified atom stereocenters. The molecule has 0 atom stereocenters. The molecule has 0 bridgehead atoms. The van der Waals surface area contributed by atoms with E-state index in [-0.39, 0.29) is 19.0 Å². The number of rotatable bonds is 9. The molecule has 0 aliphatic rings. The van der Waals surface area contributed by atoms with Crippen LogP contribution >= 0.6 is 0 Å². The molecular formula is C25H25F3O5S. The third kappa shape index (κ3) is 6.30. The summed E-state index contributed by atoms with van der Waals surface area (Å²) in [7, 11) is -4.28. The van der Waals surface area contributed by atoms with Gasteiger partial charge in [-0.05, 0) is 53.8 Å². The Morgan fingerprint density at radius 1 is 0.853 bits per heavy atom. The van der Waals surface area contributed by atoms with E-state index in [2.05, 4.69) is 4.18 Å². The van der Waals surface area contributed by atoms with Gasteiger partial charge in [0.25, 0.3) is 0 Å². The Bertz CT molecular complexity index is 1240. The van der Waals surface area contributed by atoms with Gasteiger partial charge in [-0.15, -0.1) is 0 Å². The first-order valence-electron chi connectivity index (χ1n) is 10.4. The van der Waals surface area contributed by atoms with E-state index in [1.807, 2.05) is 36.4 Å². The van der Waals surface area contributed by atoms with Crippen molar-refractivity contribution in [3.05, 3.63) is 94.0 Å². The van der Waals surface area contributed by atoms with Crippen LogP contribution in [0.25, 0.3) is 0 Å². The van der Waals surface area contributed by atoms with Crippen LogP contribution in [0, 0.1) is 13.8 Å². The fraction of sp³-hybridized carbons (Fsp3) is 0.280. The second-order valence-corrected chi connectivity index (χ2v) is 9.41. The molecule has 5 nitrogen and oxygen atoms in total. The number of benzene rings is 3. The van der Waals surface area contributed by atoms with E-state index in [4.69, 9.17) is 9.47 Å². The first-order chi connectivity index (χ1) is 16.0. The maximum Gasteiger partial charge on any atom is 0.534 e. The Morgan fingerprint density at radius 2 is 1.56 bits per heavy atom. The standard InChI is InChI=1S/C25H25F3O5S/c1-17-11-18(2)22(24(12-17)33-34(29,30)25(26,27)28)15-20-9-10-23(32-16-31-3)21(14-20)13-19-7-5-4-6-8-19/h4-12,14H,13,15-16H2,1-3H3. The van der Waals surface area contributed by atoms with Crippen LogP contribution in [0.4, 0.5) is 13.2 Å². The van der Waals surface area contributed by atoms with Crippen molar-refractivity contribution in [2.75, 3.05) is 13.9 Å². The quantitative estimate of drug-likeness (QED) is 0.217. The van der Waals surface area contributed by atoms with Crippen molar-refractivity contribution in [1.82, 2.24) is 0 Å². The zero-order chi connectivity index (χ0) is 24.9. The van der Waals surface area contributed by atoms with Crippen LogP contribution < -0.4 is 8.92 Å². The molecule has 0 aliphatic carbocycles. The number of hydrogen-bond donors (Lipinski definition) is 0. The molecule has 0 saturated heterocycles. The minimum absolute atomic E-state index is 0.0610. The Labute approximate surface area is 197 Å². The van der Waals surface area contributed by atoms with Crippen molar-refractivity contribution >= 4 is 10.1 Å². The molecule has 0 amide bonds. The van der Waals surface area contributed by atoms with Crippen molar-refractivity contribution in [3.8, 4) is 11.5 Å². The smallest absolute Gasteiger partial charge is 0.467 e. The van der Waals surface area contributed by atoms with E-state index in [9.17, 15) is 21.6 Å². The van der Waals surface area contributed by atoms with E-state index in [1.54, 1.807) is 32.0 Å². The van der Waals surface area contributed by atoms with Gasteiger partial charge in [0, 0.05) is 25.5 Å². The predicted octanol–water partition coefficient (Wildman–Crippen LogP) is 5.70. The van der Waals surface area contributed by atoms with E-state index in [0.717, 1.165) is 16.7 Å². The van der Waals surface area contributed by atoms with Gasteiger partial charge < -0.3 is 13.7 Å². The summed E-state index contributed by atoms with van der Waals surface area (Å²) < 4.78 is 77.4. The van der Waals surface area contributed by atoms with Crippen molar-refractivity contribution in [3.63, 3.8) is 0 Å². The maximum absolute atomic E-state index is 12.9. The van der Waals surface area contributed by atoms with Crippen LogP contribution in [0.15, 0.2) is 60.7 Å². The molecule has 3 rings (SSSR count). The monoisotopic (exact) mass is 494 g/mol. The summed E-state index contributed by atoms with van der Waals surface area (Å²) in [6.07, 6.45) is 0.730. The SMILES string of the molecule is COCOc1ccc(Cc2c(C)cc(C)cc2OS(=O)(=O)C(F)(F)F)cc1Cc1ccccc1. The van der Waals surface area contributed by atoms with Crippen LogP contribution in [0.1, 0.15) is 33.4 Å². The van der Waals surface area contributed by atoms with Crippen molar-refractivity contribution in [2.45, 2.75) is 32.2 Å². The number of halogens is 3. The number of aryl methyl sites for hydroxylation is 2. The van der Waals surface area contributed by atoms with E-state index in [0.29, 0.717) is 28.9 Å². The summed E-state index contributed by atoms with van der Waals surface area (Å²) in [5.41, 5.74) is -1.29. The highest BCUT2D eigenvalue weighted by Gasteiger charge is 2.48. The van der Waals surface area contributed by atoms with Crippen molar-refractivity contribution in [1.29, 1.82) is 0 Å². The Morgan fingerprint density at radius 3 is 2.21 bits per heavy atom. The van der Waals surface area contributed by atoms with Crippen LogP contribution in [0.2, 0.25) is 0 Å². The zero-order valence-electron chi connectivity index (χ0n) is 19.0. The molecule has 0 heterocycles. The molecule has 0 saturated carbocycles. The highest BCUT2D eigenvalue weighted by atomic mass is 32.2. The number of ether oxygens (including phenoxy) is 2. The van der Waals surface area contributed by atoms with Gasteiger partial charge in [-0.25, -0.2) is 0 Å². The molecule has 0 aliphatic heterocycles. The lowest BCUT2D eigenvalue weighted by molar-refractivity contribution is -0.0500. The summed E-state index contributed by atoms with van der Waals surface area (Å²) in [5.74, 6) is 0.283. The van der Waals surface area contributed by atoms with Gasteiger partial charge in [0.1, 0.15) is 11.5 Å². The first-order valence-corrected chi connectivity index (χ1v) is 11.8. The molecule has 34 heavy (non-hydrogen) atoms. The van der Waals surface area contributed by atoms with E-state index >= 15 is 0 Å². The average Bonchev–Trinajstić information content (AvgIpc) is 2.75. The fourth-order valence-electron chi connectivity index (χ4n) is 3.59. The van der Waals surface area contributed by atoms with E-state index in [1.165, 1.54) is 13.2 Å². The van der Waals surface area contributed by atoms with Gasteiger partial charge in [-0.1, -0.05) is 48.5 Å². The minimum Gasteiger partial charge on any atom is -0.467 e. The van der Waals surface area contributed by atoms with Crippen LogP contribution in [0.5, 0.6) is 11.5 Å². The topological polar surface area (TPSA) is 61.8 Å². The second-order valence-electron chi connectivity index (χ2n) is 7.87. The van der Waals surface area contributed by atoms with Gasteiger partial charge in [0.2, 0.25) is 0 Å². The predicted molar refractivity (Wildman–Crippen MR) is 123 cm³/mol. The molecule has 9 heteroatoms. The Kier molecular flexibility index (Phi) is 7.89. The molecule has 3 aromatic rings. The Hall–Kier alpha value is -3.04. The first kappa shape index (κ1) is 25.6. The Balaban J connectivity index is 1.99. The molecule has 3 aromatic carbocycles. The van der Waals surface area contributed by atoms with Gasteiger partial charge in [-0.2, -0.15) is 21.6 Å². The normalized spacial score (nSPS) is 11.9. The van der Waals surface area contributed by atoms with E-state index < -0.39 is 15.6 Å². The largest absolute Gasteiger partial charge is 0.534 e. The van der Waals surface area contributed by atoms with Crippen LogP contribution in [0.3, 0.4) is 0 Å². The summed E-state index contributed by atoms with van der Waals surface area (Å²) in [6.45, 7) is 3.42. The highest BCUT2D eigenvalue weighted by Crippen LogP contribution is 2.33. The fourth-order valence-corrected chi connectivity index (χ4v) is 4.07. The number of methoxy groups -OCH3 is 1. The molecule has 0 aromatic heterocycles. The molecule has 182 valence electrons.